The fourth-order valence-corrected chi connectivity index (χ4v) is 2.03. The van der Waals surface area contributed by atoms with E-state index in [1.807, 2.05) is 44.2 Å². The maximum Gasteiger partial charge on any atom is 0.240 e. The standard InChI is InChI=1S/C14H20N2O2S/c1-9(2)12(13(15)17)16-14(18)11(19)8-10-6-4-3-5-7-10/h3-7,9,11-12,19H,8H2,1-2H3,(H2,15,17)(H,16,18). The van der Waals surface area contributed by atoms with E-state index in [0.717, 1.165) is 5.56 Å². The van der Waals surface area contributed by atoms with Crippen molar-refractivity contribution in [2.24, 2.45) is 11.7 Å². The average molecular weight is 280 g/mol. The van der Waals surface area contributed by atoms with Gasteiger partial charge in [-0.3, -0.25) is 9.59 Å². The van der Waals surface area contributed by atoms with E-state index in [1.165, 1.54) is 0 Å². The van der Waals surface area contributed by atoms with Gasteiger partial charge in [-0.2, -0.15) is 12.6 Å². The number of carbonyl (C=O) groups is 2. The molecule has 0 saturated heterocycles. The summed E-state index contributed by atoms with van der Waals surface area (Å²) in [4.78, 5) is 23.2. The minimum absolute atomic E-state index is 0.0429. The molecule has 5 heteroatoms. The zero-order valence-electron chi connectivity index (χ0n) is 11.2. The molecule has 0 aliphatic heterocycles. The second kappa shape index (κ2) is 7.19. The van der Waals surface area contributed by atoms with E-state index in [1.54, 1.807) is 0 Å². The highest BCUT2D eigenvalue weighted by Crippen LogP contribution is 2.09. The van der Waals surface area contributed by atoms with E-state index >= 15 is 0 Å². The molecule has 0 aliphatic rings. The van der Waals surface area contributed by atoms with Gasteiger partial charge in [0.1, 0.15) is 6.04 Å². The largest absolute Gasteiger partial charge is 0.368 e. The first-order chi connectivity index (χ1) is 8.91. The van der Waals surface area contributed by atoms with Crippen LogP contribution >= 0.6 is 12.6 Å². The maximum atomic E-state index is 12.0. The van der Waals surface area contributed by atoms with Crippen LogP contribution in [0.2, 0.25) is 0 Å². The molecule has 0 heterocycles. The van der Waals surface area contributed by atoms with E-state index in [-0.39, 0.29) is 11.8 Å². The SMILES string of the molecule is CC(C)C(NC(=O)C(S)Cc1ccccc1)C(N)=O. The summed E-state index contributed by atoms with van der Waals surface area (Å²) in [5, 5.41) is 2.15. The van der Waals surface area contributed by atoms with E-state index < -0.39 is 17.2 Å². The summed E-state index contributed by atoms with van der Waals surface area (Å²) in [7, 11) is 0. The zero-order chi connectivity index (χ0) is 14.4. The summed E-state index contributed by atoms with van der Waals surface area (Å²) in [5.41, 5.74) is 6.29. The summed E-state index contributed by atoms with van der Waals surface area (Å²) in [6.45, 7) is 3.67. The average Bonchev–Trinajstić information content (AvgIpc) is 2.35. The van der Waals surface area contributed by atoms with Crippen LogP contribution in [0.25, 0.3) is 0 Å². The van der Waals surface area contributed by atoms with Crippen molar-refractivity contribution in [3.63, 3.8) is 0 Å². The van der Waals surface area contributed by atoms with Crippen molar-refractivity contribution in [3.8, 4) is 0 Å². The molecule has 104 valence electrons. The monoisotopic (exact) mass is 280 g/mol. The van der Waals surface area contributed by atoms with Crippen molar-refractivity contribution < 1.29 is 9.59 Å². The van der Waals surface area contributed by atoms with Gasteiger partial charge in [0.25, 0.3) is 0 Å². The van der Waals surface area contributed by atoms with Gasteiger partial charge in [-0.15, -0.1) is 0 Å². The minimum Gasteiger partial charge on any atom is -0.368 e. The third-order valence-electron chi connectivity index (χ3n) is 2.85. The zero-order valence-corrected chi connectivity index (χ0v) is 12.1. The normalized spacial score (nSPS) is 13.9. The van der Waals surface area contributed by atoms with Crippen LogP contribution in [0.1, 0.15) is 19.4 Å². The molecular weight excluding hydrogens is 260 g/mol. The molecule has 0 saturated carbocycles. The lowest BCUT2D eigenvalue weighted by molar-refractivity contribution is -0.128. The predicted octanol–water partition coefficient (Wildman–Crippen LogP) is 1.15. The predicted molar refractivity (Wildman–Crippen MR) is 78.9 cm³/mol. The fraction of sp³-hybridized carbons (Fsp3) is 0.429. The number of benzene rings is 1. The molecule has 3 N–H and O–H groups in total. The van der Waals surface area contributed by atoms with Crippen LogP contribution in [0.4, 0.5) is 0 Å². The van der Waals surface area contributed by atoms with Gasteiger partial charge >= 0.3 is 0 Å². The Labute approximate surface area is 119 Å². The molecule has 0 radical (unpaired) electrons. The van der Waals surface area contributed by atoms with Crippen LogP contribution in [0.3, 0.4) is 0 Å². The van der Waals surface area contributed by atoms with Crippen LogP contribution in [-0.4, -0.2) is 23.1 Å². The van der Waals surface area contributed by atoms with Crippen LogP contribution in [0.5, 0.6) is 0 Å². The number of hydrogen-bond donors (Lipinski definition) is 3. The molecule has 1 aromatic carbocycles. The summed E-state index contributed by atoms with van der Waals surface area (Å²) in [5.74, 6) is -0.841. The molecule has 0 spiro atoms. The minimum atomic E-state index is -0.655. The smallest absolute Gasteiger partial charge is 0.240 e. The van der Waals surface area contributed by atoms with Gasteiger partial charge in [0.05, 0.1) is 5.25 Å². The Morgan fingerprint density at radius 1 is 1.26 bits per heavy atom. The summed E-state index contributed by atoms with van der Waals surface area (Å²) in [6.07, 6.45) is 0.513. The Morgan fingerprint density at radius 2 is 1.84 bits per heavy atom. The number of thiol groups is 1. The summed E-state index contributed by atoms with van der Waals surface area (Å²) in [6, 6.07) is 8.95. The lowest BCUT2D eigenvalue weighted by atomic mass is 10.0. The maximum absolute atomic E-state index is 12.0. The third kappa shape index (κ3) is 4.95. The molecule has 1 aromatic rings. The molecule has 2 amide bonds. The van der Waals surface area contributed by atoms with Gasteiger partial charge in [0, 0.05) is 0 Å². The van der Waals surface area contributed by atoms with E-state index in [9.17, 15) is 9.59 Å². The number of rotatable bonds is 6. The highest BCUT2D eigenvalue weighted by atomic mass is 32.1. The second-order valence-corrected chi connectivity index (χ2v) is 5.46. The number of amides is 2. The summed E-state index contributed by atoms with van der Waals surface area (Å²) >= 11 is 4.28. The Bertz CT molecular complexity index is 434. The van der Waals surface area contributed by atoms with Crippen LogP contribution < -0.4 is 11.1 Å². The molecule has 19 heavy (non-hydrogen) atoms. The van der Waals surface area contributed by atoms with Crippen LogP contribution in [0, 0.1) is 5.92 Å². The molecule has 0 fully saturated rings. The van der Waals surface area contributed by atoms with E-state index in [4.69, 9.17) is 5.73 Å². The van der Waals surface area contributed by atoms with Crippen molar-refractivity contribution in [3.05, 3.63) is 35.9 Å². The topological polar surface area (TPSA) is 72.2 Å². The fourth-order valence-electron chi connectivity index (χ4n) is 1.75. The third-order valence-corrected chi connectivity index (χ3v) is 3.26. The Kier molecular flexibility index (Phi) is 5.89. The van der Waals surface area contributed by atoms with Gasteiger partial charge in [-0.25, -0.2) is 0 Å². The molecule has 2 atom stereocenters. The van der Waals surface area contributed by atoms with Gasteiger partial charge in [0.2, 0.25) is 11.8 Å². The van der Waals surface area contributed by atoms with Crippen molar-refractivity contribution in [2.75, 3.05) is 0 Å². The van der Waals surface area contributed by atoms with E-state index in [2.05, 4.69) is 17.9 Å². The van der Waals surface area contributed by atoms with Crippen molar-refractivity contribution in [2.45, 2.75) is 31.6 Å². The van der Waals surface area contributed by atoms with Crippen molar-refractivity contribution in [1.29, 1.82) is 0 Å². The number of nitrogens with two attached hydrogens (primary N) is 1. The Morgan fingerprint density at radius 3 is 2.32 bits per heavy atom. The molecule has 0 bridgehead atoms. The Balaban J connectivity index is 2.60. The number of carbonyl (C=O) groups excluding carboxylic acids is 2. The van der Waals surface area contributed by atoms with Gasteiger partial charge in [0.15, 0.2) is 0 Å². The number of nitrogens with one attached hydrogen (secondary N) is 1. The molecule has 2 unspecified atom stereocenters. The highest BCUT2D eigenvalue weighted by molar-refractivity contribution is 7.81. The van der Waals surface area contributed by atoms with Gasteiger partial charge < -0.3 is 11.1 Å². The number of hydrogen-bond acceptors (Lipinski definition) is 3. The molecule has 4 nitrogen and oxygen atoms in total. The lowest BCUT2D eigenvalue weighted by Crippen LogP contribution is -2.50. The molecule has 0 aromatic heterocycles. The van der Waals surface area contributed by atoms with E-state index in [0.29, 0.717) is 6.42 Å². The van der Waals surface area contributed by atoms with Crippen molar-refractivity contribution in [1.82, 2.24) is 5.32 Å². The van der Waals surface area contributed by atoms with Gasteiger partial charge in [-0.05, 0) is 17.9 Å². The molecular formula is C14H20N2O2S. The first-order valence-corrected chi connectivity index (χ1v) is 6.75. The number of primary amides is 1. The first kappa shape index (κ1) is 15.6. The lowest BCUT2D eigenvalue weighted by Gasteiger charge is -2.21. The quantitative estimate of drug-likeness (QED) is 0.684. The van der Waals surface area contributed by atoms with Crippen LogP contribution in [0.15, 0.2) is 30.3 Å². The Hall–Kier alpha value is -1.49. The first-order valence-electron chi connectivity index (χ1n) is 6.23. The molecule has 1 rings (SSSR count). The molecule has 0 aliphatic carbocycles. The highest BCUT2D eigenvalue weighted by Gasteiger charge is 2.24. The van der Waals surface area contributed by atoms with Crippen LogP contribution in [-0.2, 0) is 16.0 Å². The van der Waals surface area contributed by atoms with Gasteiger partial charge in [-0.1, -0.05) is 44.2 Å². The van der Waals surface area contributed by atoms with Crippen molar-refractivity contribution >= 4 is 24.4 Å². The summed E-state index contributed by atoms with van der Waals surface area (Å²) < 4.78 is 0. The second-order valence-electron chi connectivity index (χ2n) is 4.84.